The molecule has 0 bridgehead atoms. The van der Waals surface area contributed by atoms with E-state index >= 15 is 0 Å². The maximum absolute atomic E-state index is 13.0. The summed E-state index contributed by atoms with van der Waals surface area (Å²) in [6.45, 7) is 2.24. The third kappa shape index (κ3) is 4.13. The van der Waals surface area contributed by atoms with Crippen LogP contribution in [0.3, 0.4) is 0 Å². The number of hydrogen-bond acceptors (Lipinski definition) is 3. The molecule has 0 aliphatic heterocycles. The van der Waals surface area contributed by atoms with Crippen molar-refractivity contribution in [2.45, 2.75) is 13.5 Å². The van der Waals surface area contributed by atoms with Gasteiger partial charge in [-0.3, -0.25) is 9.36 Å². The van der Waals surface area contributed by atoms with Crippen LogP contribution in [0.5, 0.6) is 0 Å². The number of anilines is 1. The van der Waals surface area contributed by atoms with Crippen LogP contribution in [-0.4, -0.2) is 22.1 Å². The first kappa shape index (κ1) is 14.7. The Morgan fingerprint density at radius 2 is 2.24 bits per heavy atom. The molecule has 2 aromatic rings. The van der Waals surface area contributed by atoms with Gasteiger partial charge in [0.2, 0.25) is 0 Å². The average molecular weight is 290 g/mol. The minimum atomic E-state index is -0.464. The zero-order chi connectivity index (χ0) is 15.2. The summed E-state index contributed by atoms with van der Waals surface area (Å²) >= 11 is 0. The predicted molar refractivity (Wildman–Crippen MR) is 76.7 cm³/mol. The van der Waals surface area contributed by atoms with Crippen LogP contribution in [-0.2, 0) is 6.54 Å². The molecule has 1 heterocycles. The number of benzene rings is 1. The van der Waals surface area contributed by atoms with Crippen LogP contribution in [0, 0.1) is 12.7 Å². The highest BCUT2D eigenvalue weighted by Gasteiger charge is 2.03. The molecule has 0 saturated heterocycles. The number of halogens is 1. The fourth-order valence-electron chi connectivity index (χ4n) is 1.75. The summed E-state index contributed by atoms with van der Waals surface area (Å²) in [4.78, 5) is 27.3. The number of rotatable bonds is 4. The molecule has 0 fully saturated rings. The summed E-state index contributed by atoms with van der Waals surface area (Å²) in [5.41, 5.74) is 0.765. The Hall–Kier alpha value is -2.70. The van der Waals surface area contributed by atoms with Crippen LogP contribution in [0.25, 0.3) is 0 Å². The molecule has 0 unspecified atom stereocenters. The molecule has 2 N–H and O–H groups in total. The quantitative estimate of drug-likeness (QED) is 0.896. The Bertz CT molecular complexity index is 699. The van der Waals surface area contributed by atoms with Crippen LogP contribution in [0.15, 0.2) is 41.6 Å². The van der Waals surface area contributed by atoms with Gasteiger partial charge in [0.05, 0.1) is 6.33 Å². The number of nitrogens with zero attached hydrogens (tertiary/aromatic N) is 2. The Morgan fingerprint density at radius 1 is 1.43 bits per heavy atom. The van der Waals surface area contributed by atoms with E-state index in [1.165, 1.54) is 35.3 Å². The molecule has 21 heavy (non-hydrogen) atoms. The summed E-state index contributed by atoms with van der Waals surface area (Å²) < 4.78 is 14.4. The molecule has 7 heteroatoms. The fraction of sp³-hybridized carbons (Fsp3) is 0.214. The molecule has 0 spiro atoms. The van der Waals surface area contributed by atoms with Crippen molar-refractivity contribution in [2.24, 2.45) is 0 Å². The van der Waals surface area contributed by atoms with E-state index in [-0.39, 0.29) is 12.1 Å². The largest absolute Gasteiger partial charge is 0.336 e. The van der Waals surface area contributed by atoms with E-state index in [2.05, 4.69) is 15.6 Å². The number of carbonyl (C=O) groups is 1. The van der Waals surface area contributed by atoms with E-state index in [9.17, 15) is 14.0 Å². The maximum Gasteiger partial charge on any atom is 0.319 e. The molecule has 0 radical (unpaired) electrons. The molecule has 1 aromatic heterocycles. The number of hydrogen-bond donors (Lipinski definition) is 2. The van der Waals surface area contributed by atoms with Crippen LogP contribution < -0.4 is 16.2 Å². The second kappa shape index (κ2) is 6.65. The van der Waals surface area contributed by atoms with E-state index in [1.54, 1.807) is 13.0 Å². The zero-order valence-electron chi connectivity index (χ0n) is 11.5. The number of aromatic nitrogens is 2. The SMILES string of the molecule is Cc1cncn(CCNC(=O)Nc2cccc(F)c2)c1=O. The van der Waals surface area contributed by atoms with Crippen LogP contribution >= 0.6 is 0 Å². The number of amides is 2. The van der Waals surface area contributed by atoms with Crippen molar-refractivity contribution >= 4 is 11.7 Å². The van der Waals surface area contributed by atoms with Crippen LogP contribution in [0.2, 0.25) is 0 Å². The smallest absolute Gasteiger partial charge is 0.319 e. The van der Waals surface area contributed by atoms with E-state index in [0.717, 1.165) is 0 Å². The monoisotopic (exact) mass is 290 g/mol. The minimum absolute atomic E-state index is 0.141. The highest BCUT2D eigenvalue weighted by atomic mass is 19.1. The van der Waals surface area contributed by atoms with Crippen molar-refractivity contribution in [1.82, 2.24) is 14.9 Å². The van der Waals surface area contributed by atoms with E-state index in [4.69, 9.17) is 0 Å². The second-order valence-corrected chi connectivity index (χ2v) is 4.47. The Morgan fingerprint density at radius 3 is 3.00 bits per heavy atom. The molecule has 0 saturated carbocycles. The van der Waals surface area contributed by atoms with Crippen molar-refractivity contribution in [3.05, 3.63) is 58.5 Å². The number of urea groups is 1. The first-order chi connectivity index (χ1) is 10.1. The van der Waals surface area contributed by atoms with E-state index in [1.807, 2.05) is 0 Å². The lowest BCUT2D eigenvalue weighted by atomic mass is 10.3. The summed E-state index contributed by atoms with van der Waals surface area (Å²) in [5, 5.41) is 5.09. The highest BCUT2D eigenvalue weighted by molar-refractivity contribution is 5.89. The lowest BCUT2D eigenvalue weighted by Gasteiger charge is -2.09. The highest BCUT2D eigenvalue weighted by Crippen LogP contribution is 2.08. The minimum Gasteiger partial charge on any atom is -0.336 e. The van der Waals surface area contributed by atoms with Gasteiger partial charge in [-0.05, 0) is 25.1 Å². The van der Waals surface area contributed by atoms with Gasteiger partial charge in [0.15, 0.2) is 0 Å². The topological polar surface area (TPSA) is 76.0 Å². The van der Waals surface area contributed by atoms with Gasteiger partial charge in [0.25, 0.3) is 5.56 Å². The molecular weight excluding hydrogens is 275 g/mol. The fourth-order valence-corrected chi connectivity index (χ4v) is 1.75. The lowest BCUT2D eigenvalue weighted by molar-refractivity contribution is 0.251. The molecule has 2 amide bonds. The standard InChI is InChI=1S/C14H15FN4O2/c1-10-8-16-9-19(13(10)20)6-5-17-14(21)18-12-4-2-3-11(15)7-12/h2-4,7-9H,5-6H2,1H3,(H2,17,18,21). The molecule has 2 rings (SSSR count). The summed E-state index contributed by atoms with van der Waals surface area (Å²) in [7, 11) is 0. The summed E-state index contributed by atoms with van der Waals surface area (Å²) in [6, 6.07) is 5.13. The van der Waals surface area contributed by atoms with Crippen molar-refractivity contribution < 1.29 is 9.18 Å². The molecule has 0 aliphatic rings. The molecule has 0 aliphatic carbocycles. The Kier molecular flexibility index (Phi) is 4.65. The van der Waals surface area contributed by atoms with Crippen molar-refractivity contribution in [1.29, 1.82) is 0 Å². The first-order valence-electron chi connectivity index (χ1n) is 6.38. The van der Waals surface area contributed by atoms with Crippen molar-refractivity contribution in [3.8, 4) is 0 Å². The van der Waals surface area contributed by atoms with Gasteiger partial charge in [-0.25, -0.2) is 14.2 Å². The van der Waals surface area contributed by atoms with Crippen LogP contribution in [0.4, 0.5) is 14.9 Å². The molecule has 0 atom stereocenters. The summed E-state index contributed by atoms with van der Waals surface area (Å²) in [5.74, 6) is -0.426. The van der Waals surface area contributed by atoms with Gasteiger partial charge >= 0.3 is 6.03 Å². The van der Waals surface area contributed by atoms with Gasteiger partial charge in [-0.15, -0.1) is 0 Å². The van der Waals surface area contributed by atoms with Gasteiger partial charge < -0.3 is 10.6 Å². The normalized spacial score (nSPS) is 10.2. The third-order valence-corrected chi connectivity index (χ3v) is 2.79. The van der Waals surface area contributed by atoms with Crippen molar-refractivity contribution in [2.75, 3.05) is 11.9 Å². The van der Waals surface area contributed by atoms with Gasteiger partial charge in [0.1, 0.15) is 5.82 Å². The molecular formula is C14H15FN4O2. The predicted octanol–water partition coefficient (Wildman–Crippen LogP) is 1.51. The molecule has 110 valence electrons. The van der Waals surface area contributed by atoms with Gasteiger partial charge in [-0.1, -0.05) is 6.07 Å². The number of carbonyl (C=O) groups excluding carboxylic acids is 1. The van der Waals surface area contributed by atoms with Crippen LogP contribution in [0.1, 0.15) is 5.56 Å². The van der Waals surface area contributed by atoms with E-state index < -0.39 is 11.8 Å². The van der Waals surface area contributed by atoms with Crippen molar-refractivity contribution in [3.63, 3.8) is 0 Å². The molecule has 6 nitrogen and oxygen atoms in total. The number of aryl methyl sites for hydroxylation is 1. The van der Waals surface area contributed by atoms with Gasteiger partial charge in [0, 0.05) is 30.5 Å². The lowest BCUT2D eigenvalue weighted by Crippen LogP contribution is -2.34. The first-order valence-corrected chi connectivity index (χ1v) is 6.38. The van der Waals surface area contributed by atoms with Gasteiger partial charge in [-0.2, -0.15) is 0 Å². The second-order valence-electron chi connectivity index (χ2n) is 4.47. The van der Waals surface area contributed by atoms with E-state index in [0.29, 0.717) is 17.8 Å². The Labute approximate surface area is 120 Å². The molecule has 1 aromatic carbocycles. The maximum atomic E-state index is 13.0. The average Bonchev–Trinajstić information content (AvgIpc) is 2.43. The summed E-state index contributed by atoms with van der Waals surface area (Å²) in [6.07, 6.45) is 2.91. The zero-order valence-corrected chi connectivity index (χ0v) is 11.5. The third-order valence-electron chi connectivity index (χ3n) is 2.79. The number of nitrogens with one attached hydrogen (secondary N) is 2. The Balaban J connectivity index is 1.85.